The highest BCUT2D eigenvalue weighted by atomic mass is 79.9. The van der Waals surface area contributed by atoms with E-state index < -0.39 is 0 Å². The quantitative estimate of drug-likeness (QED) is 0.834. The fourth-order valence-electron chi connectivity index (χ4n) is 2.50. The van der Waals surface area contributed by atoms with Crippen LogP contribution in [0.15, 0.2) is 39.7 Å². The van der Waals surface area contributed by atoms with Crippen molar-refractivity contribution in [1.82, 2.24) is 9.78 Å². The zero-order chi connectivity index (χ0) is 14.8. The molecule has 1 aliphatic rings. The summed E-state index contributed by atoms with van der Waals surface area (Å²) in [5.41, 5.74) is 1.69. The molecule has 0 unspecified atom stereocenters. The first-order valence-electron chi connectivity index (χ1n) is 6.89. The van der Waals surface area contributed by atoms with Crippen LogP contribution in [0.1, 0.15) is 18.4 Å². The van der Waals surface area contributed by atoms with Crippen LogP contribution in [0.2, 0.25) is 5.02 Å². The van der Waals surface area contributed by atoms with Crippen molar-refractivity contribution in [2.45, 2.75) is 19.4 Å². The van der Waals surface area contributed by atoms with E-state index in [1.165, 1.54) is 17.5 Å². The number of benzene rings is 1. The van der Waals surface area contributed by atoms with Gasteiger partial charge >= 0.3 is 0 Å². The monoisotopic (exact) mass is 367 g/mol. The molecule has 0 radical (unpaired) electrons. The minimum atomic E-state index is -0.0987. The molecule has 110 valence electrons. The van der Waals surface area contributed by atoms with E-state index in [0.29, 0.717) is 11.6 Å². The number of hydrogen-bond donors (Lipinski definition) is 0. The van der Waals surface area contributed by atoms with Crippen molar-refractivity contribution < 1.29 is 0 Å². The molecule has 6 heteroatoms. The van der Waals surface area contributed by atoms with E-state index in [2.05, 4.69) is 25.9 Å². The van der Waals surface area contributed by atoms with E-state index in [1.54, 1.807) is 12.3 Å². The summed E-state index contributed by atoms with van der Waals surface area (Å²) in [5, 5.41) is 4.90. The average molecular weight is 369 g/mol. The predicted octanol–water partition coefficient (Wildman–Crippen LogP) is 3.31. The predicted molar refractivity (Wildman–Crippen MR) is 88.2 cm³/mol. The first kappa shape index (κ1) is 14.6. The van der Waals surface area contributed by atoms with E-state index in [4.69, 9.17) is 11.6 Å². The van der Waals surface area contributed by atoms with Crippen LogP contribution in [0, 0.1) is 0 Å². The van der Waals surface area contributed by atoms with Crippen molar-refractivity contribution in [2.24, 2.45) is 0 Å². The molecule has 0 aliphatic carbocycles. The van der Waals surface area contributed by atoms with Crippen molar-refractivity contribution in [3.8, 4) is 0 Å². The second-order valence-electron chi connectivity index (χ2n) is 5.14. The van der Waals surface area contributed by atoms with Gasteiger partial charge in [0.25, 0.3) is 5.56 Å². The number of aromatic nitrogens is 2. The van der Waals surface area contributed by atoms with Gasteiger partial charge in [0.2, 0.25) is 0 Å². The summed E-state index contributed by atoms with van der Waals surface area (Å²) in [6.07, 6.45) is 4.12. The molecule has 1 fully saturated rings. The van der Waals surface area contributed by atoms with Crippen molar-refractivity contribution in [1.29, 1.82) is 0 Å². The molecule has 0 amide bonds. The highest BCUT2D eigenvalue weighted by Gasteiger charge is 2.14. The summed E-state index contributed by atoms with van der Waals surface area (Å²) < 4.78 is 2.36. The third-order valence-corrected chi connectivity index (χ3v) is 4.51. The fourth-order valence-corrected chi connectivity index (χ4v) is 3.24. The maximum atomic E-state index is 12.2. The third-order valence-electron chi connectivity index (χ3n) is 3.66. The van der Waals surface area contributed by atoms with Crippen molar-refractivity contribution in [3.05, 3.63) is 55.9 Å². The Hall–Kier alpha value is -1.33. The van der Waals surface area contributed by atoms with Gasteiger partial charge in [-0.2, -0.15) is 5.10 Å². The molecule has 3 rings (SSSR count). The second kappa shape index (κ2) is 6.20. The first-order valence-corrected chi connectivity index (χ1v) is 8.06. The number of rotatable bonds is 3. The van der Waals surface area contributed by atoms with Gasteiger partial charge in [0, 0.05) is 28.7 Å². The van der Waals surface area contributed by atoms with Crippen LogP contribution in [0.25, 0.3) is 0 Å². The molecule has 2 aromatic rings. The molecule has 4 nitrogen and oxygen atoms in total. The summed E-state index contributed by atoms with van der Waals surface area (Å²) in [6, 6.07) is 7.28. The molecular formula is C15H15BrClN3O. The van der Waals surface area contributed by atoms with Crippen LogP contribution < -0.4 is 10.5 Å². The molecule has 0 spiro atoms. The highest BCUT2D eigenvalue weighted by Crippen LogP contribution is 2.22. The Morgan fingerprint density at radius 1 is 1.24 bits per heavy atom. The normalized spacial score (nSPS) is 14.7. The molecule has 0 atom stereocenters. The summed E-state index contributed by atoms with van der Waals surface area (Å²) >= 11 is 9.55. The van der Waals surface area contributed by atoms with Gasteiger partial charge in [-0.15, -0.1) is 0 Å². The van der Waals surface area contributed by atoms with E-state index >= 15 is 0 Å². The van der Waals surface area contributed by atoms with Crippen LogP contribution in [0.4, 0.5) is 5.69 Å². The Morgan fingerprint density at radius 2 is 2.00 bits per heavy atom. The maximum Gasteiger partial charge on any atom is 0.269 e. The standard InChI is InChI=1S/C15H15BrClN3O/c16-12-4-3-11(14(17)7-12)10-20-15(21)8-13(9-18-20)19-5-1-2-6-19/h3-4,7-9H,1-2,5-6,10H2. The van der Waals surface area contributed by atoms with Gasteiger partial charge in [-0.25, -0.2) is 4.68 Å². The Kier molecular flexibility index (Phi) is 4.31. The van der Waals surface area contributed by atoms with Gasteiger partial charge in [-0.3, -0.25) is 4.79 Å². The smallest absolute Gasteiger partial charge is 0.269 e. The Morgan fingerprint density at radius 3 is 2.67 bits per heavy atom. The topological polar surface area (TPSA) is 38.1 Å². The molecule has 1 saturated heterocycles. The summed E-state index contributed by atoms with van der Waals surface area (Å²) in [5.74, 6) is 0. The van der Waals surface area contributed by atoms with Crippen molar-refractivity contribution >= 4 is 33.2 Å². The van der Waals surface area contributed by atoms with Crippen LogP contribution in [-0.2, 0) is 6.54 Å². The minimum absolute atomic E-state index is 0.0987. The summed E-state index contributed by atoms with van der Waals surface area (Å²) in [7, 11) is 0. The van der Waals surface area contributed by atoms with E-state index in [-0.39, 0.29) is 5.56 Å². The first-order chi connectivity index (χ1) is 10.1. The SMILES string of the molecule is O=c1cc(N2CCCC2)cnn1Cc1ccc(Br)cc1Cl. The van der Waals surface area contributed by atoms with Gasteiger partial charge in [-0.05, 0) is 30.5 Å². The van der Waals surface area contributed by atoms with Gasteiger partial charge < -0.3 is 4.90 Å². The third kappa shape index (κ3) is 3.30. The van der Waals surface area contributed by atoms with Crippen LogP contribution in [0.5, 0.6) is 0 Å². The van der Waals surface area contributed by atoms with Crippen LogP contribution in [-0.4, -0.2) is 22.9 Å². The van der Waals surface area contributed by atoms with E-state index in [1.807, 2.05) is 18.2 Å². The molecule has 1 aliphatic heterocycles. The molecule has 1 aromatic carbocycles. The Labute approximate surface area is 136 Å². The lowest BCUT2D eigenvalue weighted by Crippen LogP contribution is -2.26. The number of nitrogens with zero attached hydrogens (tertiary/aromatic N) is 3. The molecule has 0 bridgehead atoms. The zero-order valence-corrected chi connectivity index (χ0v) is 13.8. The fraction of sp³-hybridized carbons (Fsp3) is 0.333. The van der Waals surface area contributed by atoms with Crippen LogP contribution >= 0.6 is 27.5 Å². The van der Waals surface area contributed by atoms with Gasteiger partial charge in [-0.1, -0.05) is 33.6 Å². The zero-order valence-electron chi connectivity index (χ0n) is 11.4. The van der Waals surface area contributed by atoms with Crippen molar-refractivity contribution in [2.75, 3.05) is 18.0 Å². The van der Waals surface area contributed by atoms with Crippen molar-refractivity contribution in [3.63, 3.8) is 0 Å². The number of halogens is 2. The minimum Gasteiger partial charge on any atom is -0.370 e. The van der Waals surface area contributed by atoms with E-state index in [9.17, 15) is 4.79 Å². The molecule has 21 heavy (non-hydrogen) atoms. The molecule has 0 saturated carbocycles. The largest absolute Gasteiger partial charge is 0.370 e. The Balaban J connectivity index is 1.84. The average Bonchev–Trinajstić information content (AvgIpc) is 2.98. The highest BCUT2D eigenvalue weighted by molar-refractivity contribution is 9.10. The lowest BCUT2D eigenvalue weighted by Gasteiger charge is -2.17. The van der Waals surface area contributed by atoms with Gasteiger partial charge in [0.15, 0.2) is 0 Å². The second-order valence-corrected chi connectivity index (χ2v) is 6.46. The van der Waals surface area contributed by atoms with Gasteiger partial charge in [0.05, 0.1) is 18.4 Å². The summed E-state index contributed by atoms with van der Waals surface area (Å²) in [4.78, 5) is 14.4. The molecule has 1 aromatic heterocycles. The van der Waals surface area contributed by atoms with E-state index in [0.717, 1.165) is 28.8 Å². The molecular weight excluding hydrogens is 354 g/mol. The number of hydrogen-bond acceptors (Lipinski definition) is 3. The van der Waals surface area contributed by atoms with Gasteiger partial charge in [0.1, 0.15) is 0 Å². The lowest BCUT2D eigenvalue weighted by molar-refractivity contribution is 0.637. The summed E-state index contributed by atoms with van der Waals surface area (Å²) in [6.45, 7) is 2.39. The lowest BCUT2D eigenvalue weighted by atomic mass is 10.2. The molecule has 2 heterocycles. The molecule has 0 N–H and O–H groups in total. The Bertz CT molecular complexity index is 710. The number of anilines is 1. The van der Waals surface area contributed by atoms with Crippen LogP contribution in [0.3, 0.4) is 0 Å². The maximum absolute atomic E-state index is 12.2.